The SMILES string of the molecule is CC[C@@H](CO)N(C)C(=O)c1cccc(Nc2ncc(C(F)(F)F)c(NCc3cccnc3N(C)S(C)(=O)=O)n2)c1. The van der Waals surface area contributed by atoms with E-state index in [2.05, 4.69) is 25.6 Å². The van der Waals surface area contributed by atoms with Crippen molar-refractivity contribution in [3.05, 3.63) is 65.5 Å². The highest BCUT2D eigenvalue weighted by molar-refractivity contribution is 7.92. The monoisotopic (exact) mass is 581 g/mol. The topological polar surface area (TPSA) is 141 Å². The van der Waals surface area contributed by atoms with Gasteiger partial charge in [0.15, 0.2) is 0 Å². The highest BCUT2D eigenvalue weighted by atomic mass is 32.2. The maximum atomic E-state index is 13.7. The van der Waals surface area contributed by atoms with E-state index < -0.39 is 27.6 Å². The number of aliphatic hydroxyl groups is 1. The summed E-state index contributed by atoms with van der Waals surface area (Å²) in [6, 6.07) is 8.96. The summed E-state index contributed by atoms with van der Waals surface area (Å²) in [5.74, 6) is -1.000. The van der Waals surface area contributed by atoms with E-state index in [1.807, 2.05) is 6.92 Å². The molecule has 3 rings (SSSR count). The van der Waals surface area contributed by atoms with Crippen molar-refractivity contribution in [1.82, 2.24) is 19.9 Å². The van der Waals surface area contributed by atoms with Crippen LogP contribution < -0.4 is 14.9 Å². The van der Waals surface area contributed by atoms with Gasteiger partial charge in [0.2, 0.25) is 16.0 Å². The molecule has 1 aromatic carbocycles. The molecule has 15 heteroatoms. The van der Waals surface area contributed by atoms with Gasteiger partial charge in [0.05, 0.1) is 18.9 Å². The van der Waals surface area contributed by atoms with E-state index in [4.69, 9.17) is 0 Å². The molecule has 1 amide bonds. The number of anilines is 4. The van der Waals surface area contributed by atoms with Crippen LogP contribution in [-0.2, 0) is 22.7 Å². The summed E-state index contributed by atoms with van der Waals surface area (Å²) in [6.07, 6.45) is -1.24. The Bertz CT molecular complexity index is 1450. The zero-order chi connectivity index (χ0) is 29.7. The van der Waals surface area contributed by atoms with Gasteiger partial charge in [-0.3, -0.25) is 9.10 Å². The number of carbonyl (C=O) groups is 1. The normalized spacial score (nSPS) is 12.5. The minimum atomic E-state index is -4.78. The number of hydrogen-bond donors (Lipinski definition) is 3. The summed E-state index contributed by atoms with van der Waals surface area (Å²) in [4.78, 5) is 26.1. The molecule has 216 valence electrons. The van der Waals surface area contributed by atoms with Gasteiger partial charge in [0.25, 0.3) is 5.91 Å². The number of amides is 1. The van der Waals surface area contributed by atoms with Gasteiger partial charge in [-0.1, -0.05) is 19.1 Å². The van der Waals surface area contributed by atoms with E-state index >= 15 is 0 Å². The first-order valence-electron chi connectivity index (χ1n) is 12.1. The Morgan fingerprint density at radius 1 is 1.15 bits per heavy atom. The molecule has 0 radical (unpaired) electrons. The number of benzene rings is 1. The van der Waals surface area contributed by atoms with Crippen LogP contribution in [0, 0.1) is 0 Å². The molecule has 11 nitrogen and oxygen atoms in total. The second kappa shape index (κ2) is 12.5. The first-order chi connectivity index (χ1) is 18.8. The van der Waals surface area contributed by atoms with E-state index in [0.29, 0.717) is 29.4 Å². The second-order valence-corrected chi connectivity index (χ2v) is 10.9. The molecule has 2 heterocycles. The lowest BCUT2D eigenvalue weighted by molar-refractivity contribution is -0.137. The number of carbonyl (C=O) groups excluding carboxylic acids is 1. The first-order valence-corrected chi connectivity index (χ1v) is 13.9. The van der Waals surface area contributed by atoms with Crippen LogP contribution in [0.5, 0.6) is 0 Å². The highest BCUT2D eigenvalue weighted by Gasteiger charge is 2.35. The molecule has 0 aliphatic carbocycles. The van der Waals surface area contributed by atoms with Gasteiger partial charge >= 0.3 is 6.18 Å². The van der Waals surface area contributed by atoms with Crippen molar-refractivity contribution in [2.75, 3.05) is 41.9 Å². The molecule has 0 saturated carbocycles. The molecule has 40 heavy (non-hydrogen) atoms. The fourth-order valence-corrected chi connectivity index (χ4v) is 4.20. The summed E-state index contributed by atoms with van der Waals surface area (Å²) in [7, 11) is -0.805. The largest absolute Gasteiger partial charge is 0.421 e. The van der Waals surface area contributed by atoms with E-state index in [-0.39, 0.29) is 36.9 Å². The number of halogens is 3. The van der Waals surface area contributed by atoms with E-state index in [0.717, 1.165) is 10.6 Å². The number of sulfonamides is 1. The molecule has 1 atom stereocenters. The van der Waals surface area contributed by atoms with Gasteiger partial charge < -0.3 is 20.6 Å². The average Bonchev–Trinajstić information content (AvgIpc) is 2.91. The van der Waals surface area contributed by atoms with E-state index in [1.54, 1.807) is 25.2 Å². The smallest absolute Gasteiger partial charge is 0.394 e. The van der Waals surface area contributed by atoms with E-state index in [9.17, 15) is 31.5 Å². The average molecular weight is 582 g/mol. The Hall–Kier alpha value is -3.98. The van der Waals surface area contributed by atoms with Crippen molar-refractivity contribution in [2.45, 2.75) is 32.1 Å². The van der Waals surface area contributed by atoms with Crippen LogP contribution in [0.15, 0.2) is 48.8 Å². The number of nitrogens with zero attached hydrogens (tertiary/aromatic N) is 5. The van der Waals surface area contributed by atoms with Crippen LogP contribution in [0.1, 0.15) is 34.8 Å². The minimum absolute atomic E-state index is 0.0522. The number of pyridine rings is 1. The van der Waals surface area contributed by atoms with Crippen LogP contribution >= 0.6 is 0 Å². The number of aromatic nitrogens is 3. The Kier molecular flexibility index (Phi) is 9.52. The molecule has 2 aromatic heterocycles. The zero-order valence-electron chi connectivity index (χ0n) is 22.3. The Labute approximate surface area is 230 Å². The minimum Gasteiger partial charge on any atom is -0.394 e. The third-order valence-electron chi connectivity index (χ3n) is 6.12. The van der Waals surface area contributed by atoms with Crippen LogP contribution in [0.25, 0.3) is 0 Å². The standard InChI is InChI=1S/C25H30F3N7O4S/c1-5-19(15-36)34(2)23(37)16-8-6-10-18(12-16)32-24-31-14-20(25(26,27)28)21(33-24)30-13-17-9-7-11-29-22(17)35(3)40(4,38)39/h6-12,14,19,36H,5,13,15H2,1-4H3,(H2,30,31,32,33)/t19-/m0/s1. The number of rotatable bonds is 11. The number of aliphatic hydroxyl groups excluding tert-OH is 1. The fraction of sp³-hybridized carbons (Fsp3) is 0.360. The molecular weight excluding hydrogens is 551 g/mol. The number of nitrogens with one attached hydrogen (secondary N) is 2. The predicted octanol–water partition coefficient (Wildman–Crippen LogP) is 3.48. The lowest BCUT2D eigenvalue weighted by Gasteiger charge is -2.25. The molecule has 0 bridgehead atoms. The molecule has 0 unspecified atom stereocenters. The van der Waals surface area contributed by atoms with E-state index in [1.165, 1.54) is 36.3 Å². The van der Waals surface area contributed by atoms with Gasteiger partial charge in [-0.15, -0.1) is 0 Å². The molecule has 3 N–H and O–H groups in total. The Balaban J connectivity index is 1.89. The van der Waals surface area contributed by atoms with Gasteiger partial charge in [0, 0.05) is 49.8 Å². The number of likely N-dealkylation sites (N-methyl/N-ethyl adjacent to an activating group) is 1. The number of hydrogen-bond acceptors (Lipinski definition) is 9. The summed E-state index contributed by atoms with van der Waals surface area (Å²) in [5, 5.41) is 14.9. The maximum absolute atomic E-state index is 13.7. The van der Waals surface area contributed by atoms with Gasteiger partial charge in [0.1, 0.15) is 17.2 Å². The lowest BCUT2D eigenvalue weighted by atomic mass is 10.1. The maximum Gasteiger partial charge on any atom is 0.421 e. The van der Waals surface area contributed by atoms with Crippen molar-refractivity contribution < 1.29 is 31.5 Å². The molecule has 0 saturated heterocycles. The zero-order valence-corrected chi connectivity index (χ0v) is 23.1. The van der Waals surface area contributed by atoms with Gasteiger partial charge in [-0.2, -0.15) is 18.2 Å². The van der Waals surface area contributed by atoms with Crippen LogP contribution in [-0.4, -0.2) is 72.3 Å². The summed E-state index contributed by atoms with van der Waals surface area (Å²) >= 11 is 0. The van der Waals surface area contributed by atoms with Crippen molar-refractivity contribution in [2.24, 2.45) is 0 Å². The van der Waals surface area contributed by atoms with Gasteiger partial charge in [-0.05, 0) is 30.7 Å². The van der Waals surface area contributed by atoms with Crippen molar-refractivity contribution in [1.29, 1.82) is 0 Å². The summed E-state index contributed by atoms with van der Waals surface area (Å²) in [5.41, 5.74) is -0.157. The molecule has 0 aliphatic rings. The first kappa shape index (κ1) is 30.6. The van der Waals surface area contributed by atoms with Crippen molar-refractivity contribution in [3.8, 4) is 0 Å². The Morgan fingerprint density at radius 3 is 2.50 bits per heavy atom. The Morgan fingerprint density at radius 2 is 1.88 bits per heavy atom. The van der Waals surface area contributed by atoms with Crippen LogP contribution in [0.3, 0.4) is 0 Å². The van der Waals surface area contributed by atoms with Crippen molar-refractivity contribution in [3.63, 3.8) is 0 Å². The summed E-state index contributed by atoms with van der Waals surface area (Å²) < 4.78 is 66.1. The second-order valence-electron chi connectivity index (χ2n) is 8.89. The molecule has 0 aliphatic heterocycles. The highest BCUT2D eigenvalue weighted by Crippen LogP contribution is 2.34. The summed E-state index contributed by atoms with van der Waals surface area (Å²) in [6.45, 7) is 1.43. The van der Waals surface area contributed by atoms with Crippen molar-refractivity contribution >= 4 is 39.2 Å². The van der Waals surface area contributed by atoms with Gasteiger partial charge in [-0.25, -0.2) is 18.4 Å². The van der Waals surface area contributed by atoms with Crippen LogP contribution in [0.4, 0.5) is 36.4 Å². The quantitative estimate of drug-likeness (QED) is 0.310. The van der Waals surface area contributed by atoms with Crippen LogP contribution in [0.2, 0.25) is 0 Å². The predicted molar refractivity (Wildman–Crippen MR) is 145 cm³/mol. The third kappa shape index (κ3) is 7.35. The third-order valence-corrected chi connectivity index (χ3v) is 7.29. The number of alkyl halides is 3. The molecule has 0 spiro atoms. The molecule has 0 fully saturated rings. The fourth-order valence-electron chi connectivity index (χ4n) is 3.73. The lowest BCUT2D eigenvalue weighted by Crippen LogP contribution is -2.39. The molecule has 3 aromatic rings. The molecular formula is C25H30F3N7O4S.